The van der Waals surface area contributed by atoms with Gasteiger partial charge < -0.3 is 14.6 Å². The molecule has 0 aliphatic carbocycles. The SMILES string of the molecule is COc1cccc2c1CCN(c1nc3ccccc3[nH]1)C2. The Hall–Kier alpha value is -2.49. The van der Waals surface area contributed by atoms with Crippen LogP contribution in [0.4, 0.5) is 5.95 Å². The first-order valence-electron chi connectivity index (χ1n) is 7.19. The molecule has 4 nitrogen and oxygen atoms in total. The highest BCUT2D eigenvalue weighted by molar-refractivity contribution is 5.77. The first-order valence-corrected chi connectivity index (χ1v) is 7.19. The van der Waals surface area contributed by atoms with Crippen molar-refractivity contribution in [1.29, 1.82) is 0 Å². The molecule has 0 atom stereocenters. The third kappa shape index (κ3) is 2.03. The molecule has 2 heterocycles. The van der Waals surface area contributed by atoms with E-state index in [1.54, 1.807) is 7.11 Å². The summed E-state index contributed by atoms with van der Waals surface area (Å²) in [6, 6.07) is 14.4. The molecule has 1 N–H and O–H groups in total. The van der Waals surface area contributed by atoms with Crippen LogP contribution in [0.2, 0.25) is 0 Å². The van der Waals surface area contributed by atoms with Crippen molar-refractivity contribution in [3.63, 3.8) is 0 Å². The Labute approximate surface area is 123 Å². The molecule has 0 saturated carbocycles. The Balaban J connectivity index is 1.69. The van der Waals surface area contributed by atoms with Crippen LogP contribution in [0.1, 0.15) is 11.1 Å². The normalized spacial score (nSPS) is 14.2. The van der Waals surface area contributed by atoms with Gasteiger partial charge in [0.15, 0.2) is 0 Å². The van der Waals surface area contributed by atoms with E-state index in [0.29, 0.717) is 0 Å². The number of hydrogen-bond acceptors (Lipinski definition) is 3. The maximum absolute atomic E-state index is 5.46. The van der Waals surface area contributed by atoms with Crippen LogP contribution >= 0.6 is 0 Å². The molecular formula is C17H17N3O. The van der Waals surface area contributed by atoms with Crippen molar-refractivity contribution < 1.29 is 4.74 Å². The lowest BCUT2D eigenvalue weighted by atomic mass is 9.99. The molecule has 1 aliphatic heterocycles. The number of hydrogen-bond donors (Lipinski definition) is 1. The second-order valence-electron chi connectivity index (χ2n) is 5.35. The maximum atomic E-state index is 5.46. The fourth-order valence-electron chi connectivity index (χ4n) is 3.04. The summed E-state index contributed by atoms with van der Waals surface area (Å²) in [6.07, 6.45) is 0.983. The number of benzene rings is 2. The molecule has 3 aromatic rings. The van der Waals surface area contributed by atoms with Crippen LogP contribution in [0.25, 0.3) is 11.0 Å². The highest BCUT2D eigenvalue weighted by atomic mass is 16.5. The van der Waals surface area contributed by atoms with Crippen molar-refractivity contribution in [3.05, 3.63) is 53.6 Å². The first-order chi connectivity index (χ1) is 10.3. The summed E-state index contributed by atoms with van der Waals surface area (Å²) in [6.45, 7) is 1.82. The lowest BCUT2D eigenvalue weighted by Gasteiger charge is -2.29. The minimum absolute atomic E-state index is 0.867. The molecule has 0 unspecified atom stereocenters. The average molecular weight is 279 g/mol. The number of rotatable bonds is 2. The predicted octanol–water partition coefficient (Wildman–Crippen LogP) is 3.13. The number of aromatic amines is 1. The molecular weight excluding hydrogens is 262 g/mol. The zero-order valence-electron chi connectivity index (χ0n) is 12.0. The van der Waals surface area contributed by atoms with Crippen molar-refractivity contribution in [2.75, 3.05) is 18.6 Å². The van der Waals surface area contributed by atoms with Crippen LogP contribution in [0.15, 0.2) is 42.5 Å². The molecule has 0 radical (unpaired) electrons. The highest BCUT2D eigenvalue weighted by Crippen LogP contribution is 2.29. The number of nitrogens with zero attached hydrogens (tertiary/aromatic N) is 2. The van der Waals surface area contributed by atoms with Crippen LogP contribution in [0.3, 0.4) is 0 Å². The van der Waals surface area contributed by atoms with Gasteiger partial charge in [0.25, 0.3) is 0 Å². The molecule has 0 fully saturated rings. The van der Waals surface area contributed by atoms with Gasteiger partial charge in [-0.25, -0.2) is 4.98 Å². The van der Waals surface area contributed by atoms with Crippen molar-refractivity contribution in [2.45, 2.75) is 13.0 Å². The summed E-state index contributed by atoms with van der Waals surface area (Å²) in [5.41, 5.74) is 4.75. The first kappa shape index (κ1) is 12.3. The van der Waals surface area contributed by atoms with E-state index >= 15 is 0 Å². The number of para-hydroxylation sites is 2. The maximum Gasteiger partial charge on any atom is 0.204 e. The molecule has 4 heteroatoms. The van der Waals surface area contributed by atoms with Gasteiger partial charge in [0.2, 0.25) is 5.95 Å². The van der Waals surface area contributed by atoms with Gasteiger partial charge >= 0.3 is 0 Å². The molecule has 0 saturated heterocycles. The zero-order chi connectivity index (χ0) is 14.2. The minimum atomic E-state index is 0.867. The summed E-state index contributed by atoms with van der Waals surface area (Å²) in [5.74, 6) is 1.95. The van der Waals surface area contributed by atoms with Crippen LogP contribution in [0, 0.1) is 0 Å². The van der Waals surface area contributed by atoms with E-state index in [4.69, 9.17) is 9.72 Å². The quantitative estimate of drug-likeness (QED) is 0.783. The second kappa shape index (κ2) is 4.81. The van der Waals surface area contributed by atoms with Crippen molar-refractivity contribution in [3.8, 4) is 5.75 Å². The highest BCUT2D eigenvalue weighted by Gasteiger charge is 2.21. The van der Waals surface area contributed by atoms with E-state index in [2.05, 4.69) is 28.1 Å². The number of fused-ring (bicyclic) bond motifs is 2. The topological polar surface area (TPSA) is 41.1 Å². The number of imidazole rings is 1. The Morgan fingerprint density at radius 3 is 2.90 bits per heavy atom. The summed E-state index contributed by atoms with van der Waals surface area (Å²) in [4.78, 5) is 10.4. The van der Waals surface area contributed by atoms with Gasteiger partial charge in [0, 0.05) is 18.7 Å². The van der Waals surface area contributed by atoms with Crippen LogP contribution in [-0.4, -0.2) is 23.6 Å². The van der Waals surface area contributed by atoms with Crippen molar-refractivity contribution in [2.24, 2.45) is 0 Å². The molecule has 1 aromatic heterocycles. The standard InChI is InChI=1S/C17H17N3O/c1-21-16-8-4-5-12-11-20(10-9-13(12)16)17-18-14-6-2-3-7-15(14)19-17/h2-8H,9-11H2,1H3,(H,18,19). The number of methoxy groups -OCH3 is 1. The van der Waals surface area contributed by atoms with E-state index in [1.807, 2.05) is 24.3 Å². The zero-order valence-corrected chi connectivity index (χ0v) is 12.0. The number of ether oxygens (including phenoxy) is 1. The lowest BCUT2D eigenvalue weighted by molar-refractivity contribution is 0.407. The summed E-state index contributed by atoms with van der Waals surface area (Å²) in [7, 11) is 1.74. The Morgan fingerprint density at radius 1 is 1.14 bits per heavy atom. The predicted molar refractivity (Wildman–Crippen MR) is 83.8 cm³/mol. The number of anilines is 1. The fraction of sp³-hybridized carbons (Fsp3) is 0.235. The molecule has 0 bridgehead atoms. The van der Waals surface area contributed by atoms with Crippen LogP contribution < -0.4 is 9.64 Å². The molecule has 21 heavy (non-hydrogen) atoms. The van der Waals surface area contributed by atoms with Crippen LogP contribution in [0.5, 0.6) is 5.75 Å². The van der Waals surface area contributed by atoms with Crippen LogP contribution in [-0.2, 0) is 13.0 Å². The molecule has 106 valence electrons. The molecule has 0 spiro atoms. The lowest BCUT2D eigenvalue weighted by Crippen LogP contribution is -2.31. The van der Waals surface area contributed by atoms with E-state index in [-0.39, 0.29) is 0 Å². The minimum Gasteiger partial charge on any atom is -0.496 e. The largest absolute Gasteiger partial charge is 0.496 e. The van der Waals surface area contributed by atoms with Gasteiger partial charge in [-0.3, -0.25) is 0 Å². The van der Waals surface area contributed by atoms with Gasteiger partial charge in [-0.1, -0.05) is 24.3 Å². The third-order valence-corrected chi connectivity index (χ3v) is 4.12. The summed E-state index contributed by atoms with van der Waals surface area (Å²) < 4.78 is 5.46. The van der Waals surface area contributed by atoms with Gasteiger partial charge in [-0.2, -0.15) is 0 Å². The van der Waals surface area contributed by atoms with E-state index < -0.39 is 0 Å². The average Bonchev–Trinajstić information content (AvgIpc) is 2.97. The summed E-state index contributed by atoms with van der Waals surface area (Å²) in [5, 5.41) is 0. The monoisotopic (exact) mass is 279 g/mol. The number of nitrogens with one attached hydrogen (secondary N) is 1. The van der Waals surface area contributed by atoms with Gasteiger partial charge in [0.1, 0.15) is 5.75 Å². The number of H-pyrrole nitrogens is 1. The van der Waals surface area contributed by atoms with Crippen molar-refractivity contribution >= 4 is 17.0 Å². The third-order valence-electron chi connectivity index (χ3n) is 4.12. The van der Waals surface area contributed by atoms with Gasteiger partial charge in [-0.15, -0.1) is 0 Å². The van der Waals surface area contributed by atoms with E-state index in [9.17, 15) is 0 Å². The molecule has 4 rings (SSSR count). The Kier molecular flexibility index (Phi) is 2.81. The summed E-state index contributed by atoms with van der Waals surface area (Å²) >= 11 is 0. The molecule has 2 aromatic carbocycles. The smallest absolute Gasteiger partial charge is 0.204 e. The van der Waals surface area contributed by atoms with Gasteiger partial charge in [0.05, 0.1) is 18.1 Å². The Bertz CT molecular complexity index is 761. The van der Waals surface area contributed by atoms with Crippen molar-refractivity contribution in [1.82, 2.24) is 9.97 Å². The van der Waals surface area contributed by atoms with Gasteiger partial charge in [-0.05, 0) is 30.2 Å². The second-order valence-corrected chi connectivity index (χ2v) is 5.35. The fourth-order valence-corrected chi connectivity index (χ4v) is 3.04. The van der Waals surface area contributed by atoms with E-state index in [1.165, 1.54) is 11.1 Å². The van der Waals surface area contributed by atoms with E-state index in [0.717, 1.165) is 42.2 Å². The Morgan fingerprint density at radius 2 is 2.05 bits per heavy atom. The number of aromatic nitrogens is 2. The molecule has 0 amide bonds. The molecule has 1 aliphatic rings.